The highest BCUT2D eigenvalue weighted by atomic mass is 32.1. The predicted molar refractivity (Wildman–Crippen MR) is 67.2 cm³/mol. The molecule has 0 aliphatic heterocycles. The van der Waals surface area contributed by atoms with E-state index in [1.54, 1.807) is 19.1 Å². The van der Waals surface area contributed by atoms with Crippen molar-refractivity contribution < 1.29 is 14.3 Å². The van der Waals surface area contributed by atoms with Crippen LogP contribution >= 0.6 is 12.2 Å². The van der Waals surface area contributed by atoms with Crippen LogP contribution in [0.5, 0.6) is 5.88 Å². The Bertz CT molecular complexity index is 394. The van der Waals surface area contributed by atoms with Gasteiger partial charge in [-0.15, -0.1) is 0 Å². The maximum Gasteiger partial charge on any atom is 0.413 e. The Hall–Kier alpha value is -1.89. The number of aromatic nitrogens is 1. The maximum atomic E-state index is 11.0. The molecular weight excluding hydrogens is 242 g/mol. The Morgan fingerprint density at radius 1 is 1.53 bits per heavy atom. The fraction of sp³-hybridized carbons (Fsp3) is 0.300. The Kier molecular flexibility index (Phi) is 5.15. The lowest BCUT2D eigenvalue weighted by molar-refractivity contribution is 0.158. The van der Waals surface area contributed by atoms with Gasteiger partial charge in [0.2, 0.25) is 5.88 Å². The van der Waals surface area contributed by atoms with Gasteiger partial charge in [0.1, 0.15) is 0 Å². The minimum absolute atomic E-state index is 0.149. The summed E-state index contributed by atoms with van der Waals surface area (Å²) in [5.41, 5.74) is 0.646. The van der Waals surface area contributed by atoms with Crippen LogP contribution in [0.2, 0.25) is 0 Å². The number of ether oxygens (including phenoxy) is 2. The van der Waals surface area contributed by atoms with Crippen molar-refractivity contribution in [3.63, 3.8) is 0 Å². The summed E-state index contributed by atoms with van der Waals surface area (Å²) in [6.07, 6.45) is 0.948. The number of hydrogen-bond donors (Lipinski definition) is 2. The molecule has 0 aliphatic rings. The molecule has 6 nitrogen and oxygen atoms in total. The highest BCUT2D eigenvalue weighted by Gasteiger charge is 2.04. The molecule has 0 radical (unpaired) electrons. The summed E-state index contributed by atoms with van der Waals surface area (Å²) in [5.74, 6) is 0.500. The molecule has 0 bridgehead atoms. The van der Waals surface area contributed by atoms with E-state index in [1.807, 2.05) is 0 Å². The second-order valence-corrected chi connectivity index (χ2v) is 3.30. The molecular formula is C10H13N3O3S. The number of carbonyl (C=O) groups excluding carboxylic acids is 1. The van der Waals surface area contributed by atoms with Crippen molar-refractivity contribution in [2.75, 3.05) is 19.0 Å². The van der Waals surface area contributed by atoms with Crippen molar-refractivity contribution in [1.29, 1.82) is 0 Å². The molecule has 1 aromatic heterocycles. The minimum atomic E-state index is -0.591. The summed E-state index contributed by atoms with van der Waals surface area (Å²) in [7, 11) is 1.53. The molecule has 0 aliphatic carbocycles. The number of alkyl carbamates (subject to hydrolysis) is 1. The molecule has 1 heterocycles. The van der Waals surface area contributed by atoms with Crippen LogP contribution in [-0.2, 0) is 4.74 Å². The number of amides is 1. The number of methoxy groups -OCH3 is 1. The summed E-state index contributed by atoms with van der Waals surface area (Å²) in [5, 5.41) is 5.29. The third-order valence-corrected chi connectivity index (χ3v) is 1.90. The lowest BCUT2D eigenvalue weighted by Crippen LogP contribution is -2.34. The SMILES string of the molecule is CCOC(=O)NC(=S)Nc1ccc(OC)nc1. The van der Waals surface area contributed by atoms with Crippen molar-refractivity contribution in [2.24, 2.45) is 0 Å². The van der Waals surface area contributed by atoms with E-state index in [1.165, 1.54) is 13.3 Å². The van der Waals surface area contributed by atoms with E-state index in [-0.39, 0.29) is 5.11 Å². The molecule has 2 N–H and O–H groups in total. The van der Waals surface area contributed by atoms with E-state index in [2.05, 4.69) is 20.4 Å². The zero-order valence-corrected chi connectivity index (χ0v) is 10.3. The number of nitrogens with one attached hydrogen (secondary N) is 2. The summed E-state index contributed by atoms with van der Waals surface area (Å²) in [6, 6.07) is 3.40. The zero-order chi connectivity index (χ0) is 12.7. The lowest BCUT2D eigenvalue weighted by atomic mass is 10.4. The van der Waals surface area contributed by atoms with Gasteiger partial charge in [-0.3, -0.25) is 5.32 Å². The van der Waals surface area contributed by atoms with Gasteiger partial charge >= 0.3 is 6.09 Å². The Morgan fingerprint density at radius 3 is 2.82 bits per heavy atom. The average Bonchev–Trinajstić information content (AvgIpc) is 2.30. The van der Waals surface area contributed by atoms with Crippen LogP contribution in [0, 0.1) is 0 Å². The molecule has 1 aromatic rings. The number of pyridine rings is 1. The first-order valence-electron chi connectivity index (χ1n) is 4.90. The standard InChI is InChI=1S/C10H13N3O3S/c1-3-16-10(14)13-9(17)12-7-4-5-8(15-2)11-6-7/h4-6H,3H2,1-2H3,(H2,12,13,14,17). The monoisotopic (exact) mass is 255 g/mol. The molecule has 0 fully saturated rings. The predicted octanol–water partition coefficient (Wildman–Crippen LogP) is 1.53. The van der Waals surface area contributed by atoms with E-state index >= 15 is 0 Å². The average molecular weight is 255 g/mol. The topological polar surface area (TPSA) is 72.5 Å². The second kappa shape index (κ2) is 6.64. The summed E-state index contributed by atoms with van der Waals surface area (Å²) >= 11 is 4.91. The Balaban J connectivity index is 2.47. The first-order valence-corrected chi connectivity index (χ1v) is 5.31. The Labute approximate surface area is 104 Å². The van der Waals surface area contributed by atoms with Crippen LogP contribution in [0.25, 0.3) is 0 Å². The van der Waals surface area contributed by atoms with Crippen molar-refractivity contribution in [3.8, 4) is 5.88 Å². The van der Waals surface area contributed by atoms with E-state index < -0.39 is 6.09 Å². The quantitative estimate of drug-likeness (QED) is 0.798. The molecule has 0 saturated heterocycles. The van der Waals surface area contributed by atoms with Gasteiger partial charge in [-0.05, 0) is 25.2 Å². The van der Waals surface area contributed by atoms with Gasteiger partial charge in [-0.25, -0.2) is 9.78 Å². The van der Waals surface area contributed by atoms with Gasteiger partial charge in [0, 0.05) is 6.07 Å². The number of thiocarbonyl (C=S) groups is 1. The largest absolute Gasteiger partial charge is 0.481 e. The fourth-order valence-electron chi connectivity index (χ4n) is 0.997. The highest BCUT2D eigenvalue weighted by molar-refractivity contribution is 7.80. The third-order valence-electron chi connectivity index (χ3n) is 1.69. The maximum absolute atomic E-state index is 11.0. The third kappa shape index (κ3) is 4.64. The number of anilines is 1. The Morgan fingerprint density at radius 2 is 2.29 bits per heavy atom. The molecule has 1 amide bonds. The van der Waals surface area contributed by atoms with Gasteiger partial charge in [-0.2, -0.15) is 0 Å². The molecule has 0 unspecified atom stereocenters. The molecule has 0 saturated carbocycles. The molecule has 0 atom stereocenters. The number of rotatable bonds is 3. The van der Waals surface area contributed by atoms with Crippen molar-refractivity contribution >= 4 is 29.1 Å². The number of hydrogen-bond acceptors (Lipinski definition) is 5. The van der Waals surface area contributed by atoms with E-state index in [9.17, 15) is 4.79 Å². The van der Waals surface area contributed by atoms with Crippen LogP contribution in [0.1, 0.15) is 6.92 Å². The molecule has 0 spiro atoms. The van der Waals surface area contributed by atoms with Crippen molar-refractivity contribution in [1.82, 2.24) is 10.3 Å². The molecule has 92 valence electrons. The molecule has 17 heavy (non-hydrogen) atoms. The van der Waals surface area contributed by atoms with Gasteiger partial charge in [0.05, 0.1) is 25.6 Å². The zero-order valence-electron chi connectivity index (χ0n) is 9.52. The smallest absolute Gasteiger partial charge is 0.413 e. The fourth-order valence-corrected chi connectivity index (χ4v) is 1.20. The van der Waals surface area contributed by atoms with Crippen LogP contribution in [0.15, 0.2) is 18.3 Å². The van der Waals surface area contributed by atoms with Crippen LogP contribution in [0.3, 0.4) is 0 Å². The van der Waals surface area contributed by atoms with Gasteiger partial charge in [0.15, 0.2) is 5.11 Å². The minimum Gasteiger partial charge on any atom is -0.481 e. The van der Waals surface area contributed by atoms with Gasteiger partial charge in [-0.1, -0.05) is 0 Å². The van der Waals surface area contributed by atoms with Crippen LogP contribution in [-0.4, -0.2) is 29.9 Å². The van der Waals surface area contributed by atoms with E-state index in [4.69, 9.17) is 17.0 Å². The molecule has 1 rings (SSSR count). The second-order valence-electron chi connectivity index (χ2n) is 2.89. The van der Waals surface area contributed by atoms with Crippen molar-refractivity contribution in [2.45, 2.75) is 6.92 Å². The summed E-state index contributed by atoms with van der Waals surface area (Å²) < 4.78 is 9.58. The van der Waals surface area contributed by atoms with Crippen molar-refractivity contribution in [3.05, 3.63) is 18.3 Å². The molecule has 7 heteroatoms. The lowest BCUT2D eigenvalue weighted by Gasteiger charge is -2.09. The first-order chi connectivity index (χ1) is 8.15. The van der Waals surface area contributed by atoms with E-state index in [0.717, 1.165) is 0 Å². The normalized spacial score (nSPS) is 9.29. The van der Waals surface area contributed by atoms with Gasteiger partial charge in [0.25, 0.3) is 0 Å². The number of nitrogens with zero attached hydrogens (tertiary/aromatic N) is 1. The molecule has 0 aromatic carbocycles. The first kappa shape index (κ1) is 13.2. The highest BCUT2D eigenvalue weighted by Crippen LogP contribution is 2.10. The van der Waals surface area contributed by atoms with Gasteiger partial charge < -0.3 is 14.8 Å². The van der Waals surface area contributed by atoms with E-state index in [0.29, 0.717) is 18.2 Å². The summed E-state index contributed by atoms with van der Waals surface area (Å²) in [6.45, 7) is 2.00. The van der Waals surface area contributed by atoms with Crippen LogP contribution in [0.4, 0.5) is 10.5 Å². The van der Waals surface area contributed by atoms with Crippen LogP contribution < -0.4 is 15.4 Å². The number of carbonyl (C=O) groups is 1. The summed E-state index contributed by atoms with van der Waals surface area (Å²) in [4.78, 5) is 15.0.